The molecule has 29 heavy (non-hydrogen) atoms. The number of rotatable bonds is 4. The molecule has 2 aliphatic rings. The maximum Gasteiger partial charge on any atom is 0.410 e. The van der Waals surface area contributed by atoms with Gasteiger partial charge >= 0.3 is 6.18 Å². The van der Waals surface area contributed by atoms with Crippen LogP contribution in [0.3, 0.4) is 0 Å². The van der Waals surface area contributed by atoms with Gasteiger partial charge in [-0.15, -0.1) is 0 Å². The second kappa shape index (κ2) is 7.16. The molecule has 0 bridgehead atoms. The highest BCUT2D eigenvalue weighted by atomic mass is 19.4. The summed E-state index contributed by atoms with van der Waals surface area (Å²) >= 11 is 0. The Hall–Kier alpha value is -2.91. The monoisotopic (exact) mass is 410 g/mol. The van der Waals surface area contributed by atoms with E-state index in [1.165, 1.54) is 6.20 Å². The highest BCUT2D eigenvalue weighted by Crippen LogP contribution is 2.45. The molecule has 1 amide bonds. The van der Waals surface area contributed by atoms with E-state index in [4.69, 9.17) is 9.47 Å². The van der Waals surface area contributed by atoms with Gasteiger partial charge in [0, 0.05) is 12.5 Å². The largest absolute Gasteiger partial charge is 0.454 e. The predicted octanol–water partition coefficient (Wildman–Crippen LogP) is 3.80. The number of hydrogen-bond donors (Lipinski definition) is 2. The van der Waals surface area contributed by atoms with Crippen molar-refractivity contribution < 1.29 is 27.4 Å². The summed E-state index contributed by atoms with van der Waals surface area (Å²) in [5.41, 5.74) is 0.703. The number of anilines is 1. The number of hydrogen-bond acceptors (Lipinski definition) is 5. The first-order valence-electron chi connectivity index (χ1n) is 9.39. The highest BCUT2D eigenvalue weighted by Gasteiger charge is 2.47. The molecule has 2 N–H and O–H groups in total. The summed E-state index contributed by atoms with van der Waals surface area (Å²) in [4.78, 5) is 12.6. The summed E-state index contributed by atoms with van der Waals surface area (Å²) in [7, 11) is 0. The van der Waals surface area contributed by atoms with Crippen molar-refractivity contribution in [2.24, 2.45) is 0 Å². The number of carbonyl (C=O) groups excluding carboxylic acids is 1. The van der Waals surface area contributed by atoms with Crippen molar-refractivity contribution in [3.05, 3.63) is 35.5 Å². The molecule has 4 rings (SSSR count). The van der Waals surface area contributed by atoms with Crippen LogP contribution >= 0.6 is 0 Å². The van der Waals surface area contributed by atoms with Crippen LogP contribution in [0.4, 0.5) is 19.0 Å². The molecule has 0 unspecified atom stereocenters. The third-order valence-corrected chi connectivity index (χ3v) is 5.27. The van der Waals surface area contributed by atoms with Crippen molar-refractivity contribution in [3.8, 4) is 11.5 Å². The van der Waals surface area contributed by atoms with E-state index in [-0.39, 0.29) is 30.6 Å². The Labute approximate surface area is 165 Å². The molecule has 0 aliphatic carbocycles. The summed E-state index contributed by atoms with van der Waals surface area (Å²) in [6.07, 6.45) is -2.89. The minimum absolute atomic E-state index is 0.0574. The topological polar surface area (TPSA) is 77.4 Å². The van der Waals surface area contributed by atoms with Gasteiger partial charge in [-0.2, -0.15) is 18.3 Å². The number of benzene rings is 1. The fourth-order valence-corrected chi connectivity index (χ4v) is 3.48. The molecule has 1 aromatic heterocycles. The molecule has 0 spiro atoms. The van der Waals surface area contributed by atoms with Gasteiger partial charge in [-0.1, -0.05) is 13.0 Å². The van der Waals surface area contributed by atoms with Gasteiger partial charge in [0.1, 0.15) is 11.4 Å². The lowest BCUT2D eigenvalue weighted by molar-refractivity contribution is -0.173. The Balaban J connectivity index is 1.70. The van der Waals surface area contributed by atoms with Crippen LogP contribution in [0.15, 0.2) is 24.4 Å². The summed E-state index contributed by atoms with van der Waals surface area (Å²) in [6, 6.07) is 2.41. The Morgan fingerprint density at radius 3 is 2.86 bits per heavy atom. The second-order valence-corrected chi connectivity index (χ2v) is 7.24. The second-order valence-electron chi connectivity index (χ2n) is 7.24. The van der Waals surface area contributed by atoms with Crippen LogP contribution in [0.5, 0.6) is 11.5 Å². The standard InChI is InChI=1S/C19H21F3N4O3/c1-3-10(2)24-18(27)12-8-23-26-16(19(20,21)22)7-13(25-17(12)26)11-4-5-14-15(6-11)29-9-28-14/h4-6,8,10,13,16,25H,3,7,9H2,1-2H3,(H,24,27)/t10-,13-,16-/m0/s1. The van der Waals surface area contributed by atoms with Crippen molar-refractivity contribution in [3.63, 3.8) is 0 Å². The fourth-order valence-electron chi connectivity index (χ4n) is 3.48. The van der Waals surface area contributed by atoms with E-state index in [0.29, 0.717) is 23.5 Å². The van der Waals surface area contributed by atoms with Gasteiger partial charge in [-0.25, -0.2) is 4.68 Å². The summed E-state index contributed by atoms with van der Waals surface area (Å²) in [5, 5.41) is 9.72. The van der Waals surface area contributed by atoms with Gasteiger partial charge in [0.05, 0.1) is 12.2 Å². The molecular formula is C19H21F3N4O3. The molecule has 3 atom stereocenters. The maximum atomic E-state index is 13.8. The summed E-state index contributed by atoms with van der Waals surface area (Å²) < 4.78 is 52.8. The SMILES string of the molecule is CC[C@H](C)NC(=O)c1cnn2c1N[C@H](c1ccc3c(c1)OCO3)C[C@H]2C(F)(F)F. The van der Waals surface area contributed by atoms with E-state index in [0.717, 1.165) is 4.68 Å². The zero-order chi connectivity index (χ0) is 20.8. The van der Waals surface area contributed by atoms with Crippen LogP contribution < -0.4 is 20.1 Å². The molecule has 7 nitrogen and oxygen atoms in total. The van der Waals surface area contributed by atoms with Crippen LogP contribution in [0.2, 0.25) is 0 Å². The predicted molar refractivity (Wildman–Crippen MR) is 98.1 cm³/mol. The zero-order valence-electron chi connectivity index (χ0n) is 15.9. The lowest BCUT2D eigenvalue weighted by Crippen LogP contribution is -2.37. The first kappa shape index (κ1) is 19.4. The molecule has 156 valence electrons. The first-order chi connectivity index (χ1) is 13.8. The highest BCUT2D eigenvalue weighted by molar-refractivity contribution is 5.99. The molecule has 0 saturated carbocycles. The van der Waals surface area contributed by atoms with Gasteiger partial charge in [-0.3, -0.25) is 4.79 Å². The average Bonchev–Trinajstić information content (AvgIpc) is 3.32. The Bertz CT molecular complexity index is 928. The quantitative estimate of drug-likeness (QED) is 0.802. The number of alkyl halides is 3. The molecule has 0 saturated heterocycles. The van der Waals surface area contributed by atoms with E-state index in [2.05, 4.69) is 15.7 Å². The number of nitrogens with zero attached hydrogens (tertiary/aromatic N) is 2. The zero-order valence-corrected chi connectivity index (χ0v) is 15.9. The average molecular weight is 410 g/mol. The van der Waals surface area contributed by atoms with Crippen LogP contribution in [-0.2, 0) is 0 Å². The van der Waals surface area contributed by atoms with Gasteiger partial charge < -0.3 is 20.1 Å². The van der Waals surface area contributed by atoms with Crippen molar-refractivity contribution in [1.82, 2.24) is 15.1 Å². The van der Waals surface area contributed by atoms with E-state index in [1.54, 1.807) is 18.2 Å². The third-order valence-electron chi connectivity index (χ3n) is 5.27. The Morgan fingerprint density at radius 1 is 1.38 bits per heavy atom. The summed E-state index contributed by atoms with van der Waals surface area (Å²) in [5.74, 6) is 0.639. The number of amides is 1. The first-order valence-corrected chi connectivity index (χ1v) is 9.39. The maximum absolute atomic E-state index is 13.8. The molecule has 2 aliphatic heterocycles. The number of halogens is 3. The third kappa shape index (κ3) is 3.58. The van der Waals surface area contributed by atoms with Gasteiger partial charge in [0.15, 0.2) is 17.5 Å². The van der Waals surface area contributed by atoms with E-state index in [9.17, 15) is 18.0 Å². The molecule has 1 aromatic carbocycles. The van der Waals surface area contributed by atoms with E-state index in [1.807, 2.05) is 13.8 Å². The Kier molecular flexibility index (Phi) is 4.79. The van der Waals surface area contributed by atoms with E-state index < -0.39 is 24.2 Å². The molecule has 10 heteroatoms. The van der Waals surface area contributed by atoms with E-state index >= 15 is 0 Å². The minimum atomic E-state index is -4.51. The van der Waals surface area contributed by atoms with Crippen LogP contribution in [0.25, 0.3) is 0 Å². The molecule has 2 aromatic rings. The normalized spacial score (nSPS) is 21.3. The molecule has 0 radical (unpaired) electrons. The number of nitrogens with one attached hydrogen (secondary N) is 2. The lowest BCUT2D eigenvalue weighted by Gasteiger charge is -2.34. The molecule has 0 fully saturated rings. The smallest absolute Gasteiger partial charge is 0.410 e. The van der Waals surface area contributed by atoms with Crippen molar-refractivity contribution in [2.45, 2.75) is 51.0 Å². The lowest BCUT2D eigenvalue weighted by atomic mass is 9.96. The van der Waals surface area contributed by atoms with Crippen LogP contribution in [-0.4, -0.2) is 34.7 Å². The van der Waals surface area contributed by atoms with Crippen molar-refractivity contribution in [1.29, 1.82) is 0 Å². The van der Waals surface area contributed by atoms with Crippen molar-refractivity contribution >= 4 is 11.7 Å². The number of carbonyl (C=O) groups is 1. The van der Waals surface area contributed by atoms with Crippen molar-refractivity contribution in [2.75, 3.05) is 12.1 Å². The minimum Gasteiger partial charge on any atom is -0.454 e. The Morgan fingerprint density at radius 2 is 2.14 bits per heavy atom. The number of aromatic nitrogens is 2. The summed E-state index contributed by atoms with van der Waals surface area (Å²) in [6.45, 7) is 3.82. The van der Waals surface area contributed by atoms with Crippen LogP contribution in [0.1, 0.15) is 54.7 Å². The number of fused-ring (bicyclic) bond motifs is 2. The molecular weight excluding hydrogens is 389 g/mol. The van der Waals surface area contributed by atoms with Crippen LogP contribution in [0, 0.1) is 0 Å². The number of ether oxygens (including phenoxy) is 2. The fraction of sp³-hybridized carbons (Fsp3) is 0.474. The van der Waals surface area contributed by atoms with Gasteiger partial charge in [0.2, 0.25) is 6.79 Å². The van der Waals surface area contributed by atoms with Gasteiger partial charge in [0.25, 0.3) is 5.91 Å². The van der Waals surface area contributed by atoms with Gasteiger partial charge in [-0.05, 0) is 31.0 Å². The molecule has 3 heterocycles.